The average Bonchev–Trinajstić information content (AvgIpc) is 2.69. The molecule has 1 heterocycles. The number of imidazole rings is 1. The summed E-state index contributed by atoms with van der Waals surface area (Å²) in [7, 11) is 0. The fourth-order valence-electron chi connectivity index (χ4n) is 1.69. The quantitative estimate of drug-likeness (QED) is 0.865. The van der Waals surface area contributed by atoms with Crippen LogP contribution < -0.4 is 0 Å². The summed E-state index contributed by atoms with van der Waals surface area (Å²) in [5.74, 6) is 0.707. The monoisotopic (exact) mass is 303 g/mol. The smallest absolute Gasteiger partial charge is 0.173 e. The number of nitrogens with zero attached hydrogens (tertiary/aromatic N) is 2. The highest BCUT2D eigenvalue weighted by atomic mass is 79.9. The Bertz CT molecular complexity index is 597. The van der Waals surface area contributed by atoms with Crippen LogP contribution in [0.2, 0.25) is 0 Å². The molecule has 18 heavy (non-hydrogen) atoms. The number of nitrogens with one attached hydrogen (secondary N) is 1. The minimum Gasteiger partial charge on any atom is -0.332 e. The van der Waals surface area contributed by atoms with Crippen LogP contribution in [0.25, 0.3) is 11.4 Å². The van der Waals surface area contributed by atoms with Crippen LogP contribution in [0.1, 0.15) is 32.0 Å². The first-order valence-electron chi connectivity index (χ1n) is 5.68. The van der Waals surface area contributed by atoms with E-state index in [1.54, 1.807) is 0 Å². The molecule has 2 rings (SSSR count). The molecule has 0 fully saturated rings. The summed E-state index contributed by atoms with van der Waals surface area (Å²) in [6, 6.07) is 10.3. The fourth-order valence-corrected chi connectivity index (χ4v) is 2.06. The highest BCUT2D eigenvalue weighted by Gasteiger charge is 2.14. The summed E-state index contributed by atoms with van der Waals surface area (Å²) >= 11 is 3.28. The van der Waals surface area contributed by atoms with E-state index in [1.165, 1.54) is 5.56 Å². The molecule has 1 aromatic heterocycles. The van der Waals surface area contributed by atoms with E-state index in [9.17, 15) is 0 Å². The SMILES string of the molecule is CC(C)(C)c1ccc(-c2nc(C#N)c(Br)[nH]2)cc1. The number of hydrogen-bond donors (Lipinski definition) is 1. The van der Waals surface area contributed by atoms with Gasteiger partial charge in [-0.1, -0.05) is 45.0 Å². The van der Waals surface area contributed by atoms with Gasteiger partial charge in [0.25, 0.3) is 0 Å². The maximum atomic E-state index is 8.87. The van der Waals surface area contributed by atoms with E-state index in [1.807, 2.05) is 18.2 Å². The molecule has 1 N–H and O–H groups in total. The van der Waals surface area contributed by atoms with Crippen molar-refractivity contribution in [2.24, 2.45) is 0 Å². The number of halogens is 1. The Balaban J connectivity index is 2.38. The summed E-state index contributed by atoms with van der Waals surface area (Å²) in [5, 5.41) is 8.87. The highest BCUT2D eigenvalue weighted by Crippen LogP contribution is 2.26. The van der Waals surface area contributed by atoms with Crippen molar-refractivity contribution in [3.8, 4) is 17.5 Å². The molecule has 0 bridgehead atoms. The van der Waals surface area contributed by atoms with Gasteiger partial charge in [-0.25, -0.2) is 4.98 Å². The van der Waals surface area contributed by atoms with Gasteiger partial charge in [0.15, 0.2) is 5.69 Å². The second-order valence-corrected chi connectivity index (χ2v) is 5.98. The molecule has 0 aliphatic heterocycles. The third-order valence-electron chi connectivity index (χ3n) is 2.79. The van der Waals surface area contributed by atoms with Crippen LogP contribution in [-0.4, -0.2) is 9.97 Å². The topological polar surface area (TPSA) is 52.5 Å². The van der Waals surface area contributed by atoms with Crippen molar-refractivity contribution in [1.82, 2.24) is 9.97 Å². The molecule has 0 atom stereocenters. The Hall–Kier alpha value is -1.60. The van der Waals surface area contributed by atoms with Crippen LogP contribution >= 0.6 is 15.9 Å². The molecule has 2 aromatic rings. The molecule has 0 saturated heterocycles. The van der Waals surface area contributed by atoms with Crippen molar-refractivity contribution in [2.45, 2.75) is 26.2 Å². The van der Waals surface area contributed by atoms with Gasteiger partial charge in [0.2, 0.25) is 0 Å². The van der Waals surface area contributed by atoms with Gasteiger partial charge < -0.3 is 4.98 Å². The standard InChI is InChI=1S/C14H14BrN3/c1-14(2,3)10-6-4-9(5-7-10)13-17-11(8-16)12(15)18-13/h4-7H,1-3H3,(H,17,18). The van der Waals surface area contributed by atoms with Crippen molar-refractivity contribution in [2.75, 3.05) is 0 Å². The summed E-state index contributed by atoms with van der Waals surface area (Å²) in [4.78, 5) is 7.28. The number of hydrogen-bond acceptors (Lipinski definition) is 2. The Labute approximate surface area is 115 Å². The third kappa shape index (κ3) is 2.46. The van der Waals surface area contributed by atoms with Gasteiger partial charge in [-0.15, -0.1) is 0 Å². The molecule has 0 spiro atoms. The lowest BCUT2D eigenvalue weighted by molar-refractivity contribution is 0.590. The van der Waals surface area contributed by atoms with Gasteiger partial charge in [-0.2, -0.15) is 5.26 Å². The second kappa shape index (κ2) is 4.58. The lowest BCUT2D eigenvalue weighted by Gasteiger charge is -2.18. The van der Waals surface area contributed by atoms with Crippen molar-refractivity contribution in [1.29, 1.82) is 5.26 Å². The van der Waals surface area contributed by atoms with Gasteiger partial charge in [0, 0.05) is 5.56 Å². The maximum Gasteiger partial charge on any atom is 0.173 e. The first kappa shape index (κ1) is 12.8. The van der Waals surface area contributed by atoms with E-state index in [0.29, 0.717) is 16.1 Å². The predicted molar refractivity (Wildman–Crippen MR) is 75.1 cm³/mol. The molecule has 0 unspecified atom stereocenters. The summed E-state index contributed by atoms with van der Waals surface area (Å²) in [6.07, 6.45) is 0. The molecule has 0 aliphatic rings. The van der Waals surface area contributed by atoms with E-state index in [-0.39, 0.29) is 5.41 Å². The minimum absolute atomic E-state index is 0.139. The highest BCUT2D eigenvalue weighted by molar-refractivity contribution is 9.10. The summed E-state index contributed by atoms with van der Waals surface area (Å²) in [6.45, 7) is 6.54. The molecule has 92 valence electrons. The molecule has 3 nitrogen and oxygen atoms in total. The number of H-pyrrole nitrogens is 1. The molecular formula is C14H14BrN3. The Morgan fingerprint density at radius 1 is 1.22 bits per heavy atom. The van der Waals surface area contributed by atoms with E-state index >= 15 is 0 Å². The molecule has 0 aliphatic carbocycles. The van der Waals surface area contributed by atoms with E-state index < -0.39 is 0 Å². The van der Waals surface area contributed by atoms with Crippen molar-refractivity contribution < 1.29 is 0 Å². The van der Waals surface area contributed by atoms with Crippen LogP contribution in [0.4, 0.5) is 0 Å². The maximum absolute atomic E-state index is 8.87. The Kier molecular flexibility index (Phi) is 3.27. The zero-order valence-electron chi connectivity index (χ0n) is 10.6. The molecular weight excluding hydrogens is 290 g/mol. The van der Waals surface area contributed by atoms with Gasteiger partial charge in [-0.3, -0.25) is 0 Å². The normalized spacial score (nSPS) is 11.3. The van der Waals surface area contributed by atoms with Gasteiger partial charge in [0.1, 0.15) is 16.5 Å². The number of rotatable bonds is 1. The minimum atomic E-state index is 0.139. The third-order valence-corrected chi connectivity index (χ3v) is 3.36. The molecule has 0 radical (unpaired) electrons. The number of aromatic amines is 1. The van der Waals surface area contributed by atoms with Gasteiger partial charge in [-0.05, 0) is 26.9 Å². The lowest BCUT2D eigenvalue weighted by atomic mass is 9.87. The van der Waals surface area contributed by atoms with Gasteiger partial charge in [0.05, 0.1) is 0 Å². The van der Waals surface area contributed by atoms with Crippen molar-refractivity contribution >= 4 is 15.9 Å². The summed E-state index contributed by atoms with van der Waals surface area (Å²) in [5.41, 5.74) is 2.77. The first-order chi connectivity index (χ1) is 8.41. The van der Waals surface area contributed by atoms with Crippen LogP contribution in [0.3, 0.4) is 0 Å². The van der Waals surface area contributed by atoms with E-state index in [0.717, 1.165) is 5.56 Å². The number of benzene rings is 1. The molecule has 1 aromatic carbocycles. The van der Waals surface area contributed by atoms with Crippen molar-refractivity contribution in [3.05, 3.63) is 40.1 Å². The second-order valence-electron chi connectivity index (χ2n) is 5.19. The van der Waals surface area contributed by atoms with Crippen LogP contribution in [-0.2, 0) is 5.41 Å². The summed E-state index contributed by atoms with van der Waals surface area (Å²) < 4.78 is 0.625. The van der Waals surface area contributed by atoms with Crippen LogP contribution in [0, 0.1) is 11.3 Å². The van der Waals surface area contributed by atoms with Crippen molar-refractivity contribution in [3.63, 3.8) is 0 Å². The number of nitriles is 1. The first-order valence-corrected chi connectivity index (χ1v) is 6.47. The zero-order chi connectivity index (χ0) is 13.3. The van der Waals surface area contributed by atoms with Crippen LogP contribution in [0.15, 0.2) is 28.9 Å². The Morgan fingerprint density at radius 2 is 1.83 bits per heavy atom. The van der Waals surface area contributed by atoms with Gasteiger partial charge >= 0.3 is 0 Å². The fraction of sp³-hybridized carbons (Fsp3) is 0.286. The van der Waals surface area contributed by atoms with E-state index in [2.05, 4.69) is 58.8 Å². The van der Waals surface area contributed by atoms with Crippen LogP contribution in [0.5, 0.6) is 0 Å². The Morgan fingerprint density at radius 3 is 2.28 bits per heavy atom. The van der Waals surface area contributed by atoms with E-state index in [4.69, 9.17) is 5.26 Å². The largest absolute Gasteiger partial charge is 0.332 e. The number of aromatic nitrogens is 2. The average molecular weight is 304 g/mol. The molecule has 0 amide bonds. The lowest BCUT2D eigenvalue weighted by Crippen LogP contribution is -2.10. The molecule has 4 heteroatoms. The molecule has 0 saturated carbocycles. The zero-order valence-corrected chi connectivity index (χ0v) is 12.2. The predicted octanol–water partition coefficient (Wildman–Crippen LogP) is 4.01.